The Morgan fingerprint density at radius 2 is 1.13 bits per heavy atom. The van der Waals surface area contributed by atoms with Crippen LogP contribution in [0.1, 0.15) is 66.0 Å². The smallest absolute Gasteiger partial charge is 0.406 e. The Bertz CT molecular complexity index is 1730. The highest BCUT2D eigenvalue weighted by atomic mass is 19.4. The Labute approximate surface area is 298 Å². The number of aryl methyl sites for hydroxylation is 1. The van der Waals surface area contributed by atoms with E-state index in [4.69, 9.17) is 9.47 Å². The van der Waals surface area contributed by atoms with E-state index in [0.717, 1.165) is 81.2 Å². The van der Waals surface area contributed by atoms with Gasteiger partial charge in [0, 0.05) is 37.3 Å². The Balaban J connectivity index is 0.000000203. The Hall–Kier alpha value is -4.11. The largest absolute Gasteiger partial charge is 0.573 e. The van der Waals surface area contributed by atoms with E-state index in [1.165, 1.54) is 18.2 Å². The lowest BCUT2D eigenvalue weighted by molar-refractivity contribution is -0.274. The molecule has 2 aliphatic heterocycles. The van der Waals surface area contributed by atoms with Gasteiger partial charge in [0.1, 0.15) is 41.2 Å². The fraction of sp³-hybridized carbons (Fsp3) is 0.421. The number of piperidine rings is 2. The zero-order valence-electron chi connectivity index (χ0n) is 29.1. The topological polar surface area (TPSA) is 60.0 Å². The van der Waals surface area contributed by atoms with E-state index in [9.17, 15) is 30.7 Å². The zero-order chi connectivity index (χ0) is 37.4. The summed E-state index contributed by atoms with van der Waals surface area (Å²) in [6, 6.07) is 13.1. The first-order chi connectivity index (χ1) is 24.7. The second-order valence-electron chi connectivity index (χ2n) is 13.1. The van der Waals surface area contributed by atoms with Gasteiger partial charge in [-0.3, -0.25) is 9.97 Å². The monoisotopic (exact) mass is 734 g/mol. The number of likely N-dealkylation sites (tertiary alicyclic amines) is 2. The van der Waals surface area contributed by atoms with Crippen LogP contribution in [0.3, 0.4) is 0 Å². The van der Waals surface area contributed by atoms with Gasteiger partial charge >= 0.3 is 6.36 Å². The van der Waals surface area contributed by atoms with Crippen LogP contribution in [0.15, 0.2) is 73.1 Å². The fourth-order valence-corrected chi connectivity index (χ4v) is 6.08. The van der Waals surface area contributed by atoms with Crippen molar-refractivity contribution in [2.75, 3.05) is 40.3 Å². The van der Waals surface area contributed by atoms with E-state index < -0.39 is 41.8 Å². The van der Waals surface area contributed by atoms with Gasteiger partial charge in [-0.05, 0) is 101 Å². The van der Waals surface area contributed by atoms with Gasteiger partial charge in [-0.2, -0.15) is 0 Å². The average Bonchev–Trinajstić information content (AvgIpc) is 3.10. The molecule has 0 radical (unpaired) electrons. The van der Waals surface area contributed by atoms with Gasteiger partial charge in [0.25, 0.3) is 0 Å². The third-order valence-corrected chi connectivity index (χ3v) is 8.95. The summed E-state index contributed by atoms with van der Waals surface area (Å²) in [4.78, 5) is 12.4. The molecule has 4 heterocycles. The molecule has 0 amide bonds. The minimum Gasteiger partial charge on any atom is -0.406 e. The maximum Gasteiger partial charge on any atom is 0.573 e. The van der Waals surface area contributed by atoms with Crippen LogP contribution in [0, 0.1) is 30.2 Å². The fourth-order valence-electron chi connectivity index (χ4n) is 6.08. The van der Waals surface area contributed by atoms with Gasteiger partial charge in [0.2, 0.25) is 0 Å². The van der Waals surface area contributed by atoms with Crippen molar-refractivity contribution < 1.29 is 44.9 Å². The van der Waals surface area contributed by atoms with Crippen molar-refractivity contribution in [1.82, 2.24) is 19.8 Å². The molecule has 0 saturated carbocycles. The summed E-state index contributed by atoms with van der Waals surface area (Å²) in [5, 5.41) is 0. The third-order valence-electron chi connectivity index (χ3n) is 8.95. The van der Waals surface area contributed by atoms with Crippen LogP contribution in [-0.4, -0.2) is 78.6 Å². The molecule has 6 rings (SSSR count). The Morgan fingerprint density at radius 3 is 1.58 bits per heavy atom. The molecule has 0 bridgehead atoms. The number of hydrogen-bond acceptors (Lipinski definition) is 7. The van der Waals surface area contributed by atoms with E-state index in [-0.39, 0.29) is 29.3 Å². The van der Waals surface area contributed by atoms with Crippen molar-refractivity contribution in [3.63, 3.8) is 0 Å². The molecule has 2 saturated heterocycles. The minimum atomic E-state index is -4.91. The Kier molecular flexibility index (Phi) is 13.2. The molecule has 2 atom stereocenters. The first kappa shape index (κ1) is 39.1. The lowest BCUT2D eigenvalue weighted by Crippen LogP contribution is -2.35. The first-order valence-electron chi connectivity index (χ1n) is 17.0. The van der Waals surface area contributed by atoms with E-state index in [0.29, 0.717) is 24.1 Å². The van der Waals surface area contributed by atoms with Crippen LogP contribution in [0.5, 0.6) is 5.75 Å². The summed E-state index contributed by atoms with van der Waals surface area (Å²) in [7, 11) is 4.04. The van der Waals surface area contributed by atoms with Crippen molar-refractivity contribution >= 4 is 0 Å². The summed E-state index contributed by atoms with van der Waals surface area (Å²) in [5.41, 5.74) is 1.86. The molecule has 52 heavy (non-hydrogen) atoms. The number of nitrogens with zero attached hydrogens (tertiary/aromatic N) is 4. The molecule has 0 aliphatic carbocycles. The number of pyridine rings is 2. The van der Waals surface area contributed by atoms with Crippen molar-refractivity contribution in [2.24, 2.45) is 0 Å². The van der Waals surface area contributed by atoms with Gasteiger partial charge in [0.05, 0.1) is 36.0 Å². The first-order valence-corrected chi connectivity index (χ1v) is 17.0. The predicted octanol–water partition coefficient (Wildman–Crippen LogP) is 8.33. The molecule has 14 heteroatoms. The van der Waals surface area contributed by atoms with Crippen LogP contribution in [0.4, 0.5) is 30.7 Å². The van der Waals surface area contributed by atoms with Crippen molar-refractivity contribution in [2.45, 2.75) is 63.4 Å². The molecular formula is C38H41F7N4O3. The molecule has 2 unspecified atom stereocenters. The van der Waals surface area contributed by atoms with Crippen molar-refractivity contribution in [3.05, 3.63) is 124 Å². The van der Waals surface area contributed by atoms with Crippen LogP contribution in [0.25, 0.3) is 0 Å². The van der Waals surface area contributed by atoms with Crippen LogP contribution in [0.2, 0.25) is 0 Å². The second-order valence-corrected chi connectivity index (χ2v) is 13.1. The number of halogens is 7. The van der Waals surface area contributed by atoms with Gasteiger partial charge in [-0.25, -0.2) is 17.6 Å². The molecule has 0 N–H and O–H groups in total. The van der Waals surface area contributed by atoms with Gasteiger partial charge in [0.15, 0.2) is 0 Å². The number of ether oxygens (including phenoxy) is 3. The molecular weight excluding hydrogens is 693 g/mol. The molecule has 0 spiro atoms. The number of rotatable bonds is 9. The zero-order valence-corrected chi connectivity index (χ0v) is 29.1. The molecule has 2 aromatic heterocycles. The van der Waals surface area contributed by atoms with E-state index in [2.05, 4.69) is 31.6 Å². The van der Waals surface area contributed by atoms with Crippen molar-refractivity contribution in [1.29, 1.82) is 0 Å². The highest BCUT2D eigenvalue weighted by Gasteiger charge is 2.33. The summed E-state index contributed by atoms with van der Waals surface area (Å²) in [5.74, 6) is -2.65. The summed E-state index contributed by atoms with van der Waals surface area (Å²) >= 11 is 0. The maximum atomic E-state index is 14.5. The molecule has 2 fully saturated rings. The summed E-state index contributed by atoms with van der Waals surface area (Å²) < 4.78 is 109. The summed E-state index contributed by atoms with van der Waals surface area (Å²) in [6.07, 6.45) is -1.59. The molecule has 4 aromatic rings. The highest BCUT2D eigenvalue weighted by Crippen LogP contribution is 2.35. The number of aromatic nitrogens is 2. The Morgan fingerprint density at radius 1 is 0.635 bits per heavy atom. The summed E-state index contributed by atoms with van der Waals surface area (Å²) in [6.45, 7) is 5.28. The quantitative estimate of drug-likeness (QED) is 0.160. The molecule has 280 valence electrons. The standard InChI is InChI=1S/C19H19F5N2O2.C19H22F2N2O/c1-26-8-6-13(7-9-26)27-18(17-5-2-12(20)11-25-17)15-10-14(3-4-16(15)21)28-19(22,23)24;1-13-3-5-16(17(21)11-13)19(18-6-4-14(20)12-22-18)24-15-7-9-23(2)10-8-15/h2-5,10-11,13,18H,6-9H2,1H3;3-6,11-12,15,19H,7-10H2,1-2H3. The van der Waals surface area contributed by atoms with Crippen molar-refractivity contribution in [3.8, 4) is 5.75 Å². The number of alkyl halides is 3. The maximum absolute atomic E-state index is 14.5. The van der Waals surface area contributed by atoms with Crippen LogP contribution >= 0.6 is 0 Å². The predicted molar refractivity (Wildman–Crippen MR) is 180 cm³/mol. The SMILES string of the molecule is CN1CCC(OC(c2ccc(F)cn2)c2cc(OC(F)(F)F)ccc2F)CC1.Cc1ccc(C(OC2CCN(C)CC2)c2ccc(F)cn2)c(F)c1. The molecule has 2 aliphatic rings. The lowest BCUT2D eigenvalue weighted by atomic mass is 10.0. The highest BCUT2D eigenvalue weighted by molar-refractivity contribution is 5.35. The second kappa shape index (κ2) is 17.6. The third kappa shape index (κ3) is 11.2. The van der Waals surface area contributed by atoms with Gasteiger partial charge < -0.3 is 24.0 Å². The number of benzene rings is 2. The normalized spacial score (nSPS) is 17.7. The number of hydrogen-bond donors (Lipinski definition) is 0. The van der Waals surface area contributed by atoms with Gasteiger partial charge in [-0.1, -0.05) is 12.1 Å². The van der Waals surface area contributed by atoms with E-state index in [1.807, 2.05) is 20.0 Å². The van der Waals surface area contributed by atoms with E-state index in [1.54, 1.807) is 12.1 Å². The average molecular weight is 735 g/mol. The lowest BCUT2D eigenvalue weighted by Gasteiger charge is -2.32. The minimum absolute atomic E-state index is 0.0405. The molecule has 7 nitrogen and oxygen atoms in total. The van der Waals surface area contributed by atoms with E-state index >= 15 is 0 Å². The van der Waals surface area contributed by atoms with Crippen LogP contribution in [-0.2, 0) is 9.47 Å². The van der Waals surface area contributed by atoms with Crippen LogP contribution < -0.4 is 4.74 Å². The molecule has 2 aromatic carbocycles. The van der Waals surface area contributed by atoms with Gasteiger partial charge in [-0.15, -0.1) is 13.2 Å².